The van der Waals surface area contributed by atoms with Gasteiger partial charge in [0, 0.05) is 30.9 Å². The molecule has 0 fully saturated rings. The Morgan fingerprint density at radius 2 is 1.70 bits per heavy atom. The van der Waals surface area contributed by atoms with Gasteiger partial charge in [-0.2, -0.15) is 0 Å². The van der Waals surface area contributed by atoms with E-state index in [1.165, 1.54) is 11.8 Å². The van der Waals surface area contributed by atoms with Crippen LogP contribution in [-0.2, 0) is 0 Å². The molecule has 0 aliphatic rings. The Kier molecular flexibility index (Phi) is 8.01. The molecule has 0 unspecified atom stereocenters. The van der Waals surface area contributed by atoms with E-state index in [-0.39, 0.29) is 5.91 Å². The third-order valence-corrected chi connectivity index (χ3v) is 6.11. The van der Waals surface area contributed by atoms with Gasteiger partial charge in [-0.15, -0.1) is 0 Å². The van der Waals surface area contributed by atoms with Gasteiger partial charge < -0.3 is 19.9 Å². The number of allylic oxidation sites excluding steroid dienone is 2. The number of nitrogens with one attached hydrogen (secondary N) is 2. The average Bonchev–Trinajstić information content (AvgIpc) is 3.27. The molecule has 1 amide bonds. The summed E-state index contributed by atoms with van der Waals surface area (Å²) in [6.07, 6.45) is 1.94. The normalized spacial score (nSPS) is 10.8. The van der Waals surface area contributed by atoms with Gasteiger partial charge in [0.1, 0.15) is 23.0 Å². The number of amides is 1. The fourth-order valence-electron chi connectivity index (χ4n) is 3.12. The van der Waals surface area contributed by atoms with Crippen molar-refractivity contribution in [1.82, 2.24) is 15.3 Å². The number of carbonyl (C=O) groups is 1. The standard InChI is InChI=1S/C26H30N4O2S/c1-7-16-33-26(17(2)3)29-25(31)23-22(18-10-14-21(32-6)15-11-18)27-24(28-23)19-8-12-20(13-9-19)30(4)5/h7-16H,1-6H3,(H,27,28)(H,29,31)/b16-7-. The molecule has 2 N–H and O–H groups in total. The first-order chi connectivity index (χ1) is 15.8. The number of carbonyl (C=O) groups excluding carboxylic acids is 1. The van der Waals surface area contributed by atoms with Gasteiger partial charge in [-0.1, -0.05) is 17.8 Å². The maximum absolute atomic E-state index is 13.3. The molecular weight excluding hydrogens is 432 g/mol. The predicted molar refractivity (Wildman–Crippen MR) is 139 cm³/mol. The number of hydrogen-bond donors (Lipinski definition) is 2. The molecule has 0 aliphatic carbocycles. The van der Waals surface area contributed by atoms with Crippen LogP contribution in [0.25, 0.3) is 22.6 Å². The number of hydrogen-bond acceptors (Lipinski definition) is 5. The monoisotopic (exact) mass is 462 g/mol. The van der Waals surface area contributed by atoms with E-state index in [2.05, 4.69) is 10.3 Å². The summed E-state index contributed by atoms with van der Waals surface area (Å²) in [6, 6.07) is 15.6. The third kappa shape index (κ3) is 5.87. The Hall–Kier alpha value is -3.45. The van der Waals surface area contributed by atoms with Crippen molar-refractivity contribution in [3.05, 3.63) is 76.3 Å². The molecule has 0 spiro atoms. The highest BCUT2D eigenvalue weighted by molar-refractivity contribution is 8.05. The summed E-state index contributed by atoms with van der Waals surface area (Å²) in [5.74, 6) is 1.14. The zero-order valence-electron chi connectivity index (χ0n) is 19.9. The van der Waals surface area contributed by atoms with Crippen LogP contribution in [0.1, 0.15) is 31.3 Å². The predicted octanol–water partition coefficient (Wildman–Crippen LogP) is 6.07. The van der Waals surface area contributed by atoms with Gasteiger partial charge in [0.2, 0.25) is 0 Å². The minimum Gasteiger partial charge on any atom is -0.497 e. The first-order valence-electron chi connectivity index (χ1n) is 10.6. The van der Waals surface area contributed by atoms with Gasteiger partial charge in [-0.25, -0.2) is 4.98 Å². The lowest BCUT2D eigenvalue weighted by Gasteiger charge is -2.12. The molecule has 0 saturated heterocycles. The van der Waals surface area contributed by atoms with Gasteiger partial charge in [-0.05, 0) is 80.3 Å². The van der Waals surface area contributed by atoms with Gasteiger partial charge in [0.25, 0.3) is 5.91 Å². The van der Waals surface area contributed by atoms with E-state index >= 15 is 0 Å². The summed E-state index contributed by atoms with van der Waals surface area (Å²) in [5, 5.41) is 5.78. The quantitative estimate of drug-likeness (QED) is 0.425. The fraction of sp³-hybridized carbons (Fsp3) is 0.231. The molecule has 0 saturated carbocycles. The van der Waals surface area contributed by atoms with Crippen molar-refractivity contribution in [2.75, 3.05) is 26.1 Å². The second-order valence-corrected chi connectivity index (χ2v) is 8.77. The maximum Gasteiger partial charge on any atom is 0.274 e. The molecule has 6 nitrogen and oxygen atoms in total. The molecule has 3 aromatic rings. The Labute approximate surface area is 199 Å². The minimum atomic E-state index is -0.238. The van der Waals surface area contributed by atoms with Crippen LogP contribution in [0.3, 0.4) is 0 Å². The minimum absolute atomic E-state index is 0.238. The molecule has 7 heteroatoms. The number of anilines is 1. The fourth-order valence-corrected chi connectivity index (χ4v) is 3.78. The Balaban J connectivity index is 2.04. The summed E-state index contributed by atoms with van der Waals surface area (Å²) in [4.78, 5) is 23.4. The number of rotatable bonds is 8. The lowest BCUT2D eigenvalue weighted by molar-refractivity contribution is 0.0965. The highest BCUT2D eigenvalue weighted by atomic mass is 32.2. The van der Waals surface area contributed by atoms with E-state index < -0.39 is 0 Å². The molecule has 0 aliphatic heterocycles. The van der Waals surface area contributed by atoms with Gasteiger partial charge in [-0.3, -0.25) is 4.79 Å². The highest BCUT2D eigenvalue weighted by Gasteiger charge is 2.21. The maximum atomic E-state index is 13.3. The van der Waals surface area contributed by atoms with Crippen LogP contribution in [0.2, 0.25) is 0 Å². The van der Waals surface area contributed by atoms with Gasteiger partial charge in [0.05, 0.1) is 12.1 Å². The number of methoxy groups -OCH3 is 1. The van der Waals surface area contributed by atoms with Gasteiger partial charge in [0.15, 0.2) is 0 Å². The molecule has 33 heavy (non-hydrogen) atoms. The van der Waals surface area contributed by atoms with Crippen molar-refractivity contribution in [3.63, 3.8) is 0 Å². The molecular formula is C26H30N4O2S. The largest absolute Gasteiger partial charge is 0.497 e. The van der Waals surface area contributed by atoms with E-state index in [1.54, 1.807) is 7.11 Å². The Bertz CT molecular complexity index is 1160. The van der Waals surface area contributed by atoms with Crippen molar-refractivity contribution in [2.24, 2.45) is 0 Å². The lowest BCUT2D eigenvalue weighted by Crippen LogP contribution is -2.23. The summed E-state index contributed by atoms with van der Waals surface area (Å²) < 4.78 is 5.28. The van der Waals surface area contributed by atoms with Crippen LogP contribution in [0.4, 0.5) is 5.69 Å². The van der Waals surface area contributed by atoms with Crippen molar-refractivity contribution in [3.8, 4) is 28.4 Å². The summed E-state index contributed by atoms with van der Waals surface area (Å²) >= 11 is 1.48. The summed E-state index contributed by atoms with van der Waals surface area (Å²) in [5.41, 5.74) is 4.84. The summed E-state index contributed by atoms with van der Waals surface area (Å²) in [6.45, 7) is 5.89. The Morgan fingerprint density at radius 1 is 1.06 bits per heavy atom. The molecule has 172 valence electrons. The molecule has 2 aromatic carbocycles. The third-order valence-electron chi connectivity index (χ3n) is 4.95. The molecule has 0 bridgehead atoms. The zero-order chi connectivity index (χ0) is 24.0. The first-order valence-corrected chi connectivity index (χ1v) is 11.5. The van der Waals surface area contributed by atoms with Crippen molar-refractivity contribution in [2.45, 2.75) is 20.8 Å². The highest BCUT2D eigenvalue weighted by Crippen LogP contribution is 2.29. The number of benzene rings is 2. The van der Waals surface area contributed by atoms with E-state index in [0.717, 1.165) is 33.2 Å². The topological polar surface area (TPSA) is 70.2 Å². The van der Waals surface area contributed by atoms with Crippen LogP contribution in [-0.4, -0.2) is 37.1 Å². The summed E-state index contributed by atoms with van der Waals surface area (Å²) in [7, 11) is 5.62. The van der Waals surface area contributed by atoms with E-state index in [9.17, 15) is 4.79 Å². The van der Waals surface area contributed by atoms with E-state index in [0.29, 0.717) is 17.2 Å². The molecule has 0 atom stereocenters. The van der Waals surface area contributed by atoms with Crippen molar-refractivity contribution < 1.29 is 9.53 Å². The number of aromatic amines is 1. The van der Waals surface area contributed by atoms with E-state index in [4.69, 9.17) is 9.72 Å². The van der Waals surface area contributed by atoms with Crippen LogP contribution < -0.4 is 15.0 Å². The van der Waals surface area contributed by atoms with Crippen LogP contribution >= 0.6 is 11.8 Å². The molecule has 1 heterocycles. The number of ether oxygens (including phenoxy) is 1. The Morgan fingerprint density at radius 3 is 2.24 bits per heavy atom. The second kappa shape index (κ2) is 10.9. The lowest BCUT2D eigenvalue weighted by atomic mass is 10.1. The second-order valence-electron chi connectivity index (χ2n) is 7.85. The number of H-pyrrole nitrogens is 1. The number of thioether (sulfide) groups is 1. The van der Waals surface area contributed by atoms with Crippen molar-refractivity contribution >= 4 is 23.4 Å². The smallest absolute Gasteiger partial charge is 0.274 e. The van der Waals surface area contributed by atoms with Crippen LogP contribution in [0.15, 0.2) is 70.6 Å². The molecule has 3 rings (SSSR count). The van der Waals surface area contributed by atoms with Crippen molar-refractivity contribution in [1.29, 1.82) is 0 Å². The van der Waals surface area contributed by atoms with E-state index in [1.807, 2.05) is 99.8 Å². The zero-order valence-corrected chi connectivity index (χ0v) is 20.7. The molecule has 0 radical (unpaired) electrons. The number of nitrogens with zero attached hydrogens (tertiary/aromatic N) is 2. The van der Waals surface area contributed by atoms with Crippen LogP contribution in [0.5, 0.6) is 5.75 Å². The van der Waals surface area contributed by atoms with Crippen LogP contribution in [0, 0.1) is 0 Å². The number of imidazole rings is 1. The SMILES string of the molecule is C/C=C\SC(NC(=O)c1[nH]c(-c2ccc(N(C)C)cc2)nc1-c1ccc(OC)cc1)=C(C)C. The number of aromatic nitrogens is 2. The van der Waals surface area contributed by atoms with Gasteiger partial charge >= 0.3 is 0 Å². The average molecular weight is 463 g/mol. The first kappa shape index (κ1) is 24.2. The molecule has 1 aromatic heterocycles.